The zero-order valence-corrected chi connectivity index (χ0v) is 13.1. The van der Waals surface area contributed by atoms with E-state index in [0.717, 1.165) is 22.6 Å². The highest BCUT2D eigenvalue weighted by molar-refractivity contribution is 9.10. The number of nitrogens with one attached hydrogen (secondary N) is 1. The number of benzene rings is 1. The van der Waals surface area contributed by atoms with Gasteiger partial charge in [-0.05, 0) is 44.0 Å². The zero-order valence-electron chi connectivity index (χ0n) is 11.5. The van der Waals surface area contributed by atoms with Crippen molar-refractivity contribution in [2.24, 2.45) is 5.92 Å². The molecule has 3 rings (SSSR count). The maximum atomic E-state index is 6.30. The van der Waals surface area contributed by atoms with Crippen molar-refractivity contribution in [1.82, 2.24) is 5.32 Å². The van der Waals surface area contributed by atoms with Crippen LogP contribution < -0.4 is 10.1 Å². The van der Waals surface area contributed by atoms with Gasteiger partial charge >= 0.3 is 0 Å². The van der Waals surface area contributed by atoms with Gasteiger partial charge in [-0.25, -0.2) is 0 Å². The molecule has 0 spiro atoms. The quantitative estimate of drug-likeness (QED) is 0.868. The molecule has 0 radical (unpaired) electrons. The summed E-state index contributed by atoms with van der Waals surface area (Å²) in [5.41, 5.74) is 1.30. The van der Waals surface area contributed by atoms with Crippen molar-refractivity contribution >= 4 is 15.9 Å². The van der Waals surface area contributed by atoms with Crippen LogP contribution >= 0.6 is 15.9 Å². The van der Waals surface area contributed by atoms with Crippen LogP contribution in [-0.4, -0.2) is 13.2 Å². The van der Waals surface area contributed by atoms with Gasteiger partial charge in [-0.15, -0.1) is 0 Å². The molecule has 1 heterocycles. The number of halogens is 1. The second kappa shape index (κ2) is 5.84. The van der Waals surface area contributed by atoms with Gasteiger partial charge in [0, 0.05) is 22.5 Å². The van der Waals surface area contributed by atoms with E-state index in [9.17, 15) is 0 Å². The summed E-state index contributed by atoms with van der Waals surface area (Å²) in [5.74, 6) is 1.82. The molecule has 0 bridgehead atoms. The topological polar surface area (TPSA) is 21.3 Å². The Morgan fingerprint density at radius 2 is 2.00 bits per heavy atom. The van der Waals surface area contributed by atoms with E-state index in [1.165, 1.54) is 37.7 Å². The second-order valence-corrected chi connectivity index (χ2v) is 6.73. The number of rotatable bonds is 2. The molecule has 1 fully saturated rings. The predicted octanol–water partition coefficient (Wildman–Crippen LogP) is 4.44. The van der Waals surface area contributed by atoms with Crippen molar-refractivity contribution in [3.8, 4) is 5.75 Å². The highest BCUT2D eigenvalue weighted by Gasteiger charge is 2.33. The highest BCUT2D eigenvalue weighted by Crippen LogP contribution is 2.41. The van der Waals surface area contributed by atoms with Crippen LogP contribution in [0.5, 0.6) is 5.75 Å². The largest absolute Gasteiger partial charge is 0.490 e. The molecule has 1 aliphatic carbocycles. The third kappa shape index (κ3) is 2.82. The fourth-order valence-corrected chi connectivity index (χ4v) is 3.92. The molecule has 1 saturated carbocycles. The van der Waals surface area contributed by atoms with Crippen molar-refractivity contribution in [2.45, 2.75) is 50.7 Å². The van der Waals surface area contributed by atoms with Crippen LogP contribution in [-0.2, 0) is 0 Å². The molecule has 0 saturated heterocycles. The monoisotopic (exact) mass is 323 g/mol. The van der Waals surface area contributed by atoms with Crippen LogP contribution in [0, 0.1) is 5.92 Å². The molecule has 2 atom stereocenters. The van der Waals surface area contributed by atoms with E-state index < -0.39 is 0 Å². The lowest BCUT2D eigenvalue weighted by molar-refractivity contribution is 0.0740. The number of hydrogen-bond donors (Lipinski definition) is 1. The minimum absolute atomic E-state index is 0.395. The third-order valence-electron chi connectivity index (χ3n) is 4.62. The van der Waals surface area contributed by atoms with Gasteiger partial charge in [0.05, 0.1) is 0 Å². The molecule has 2 nitrogen and oxygen atoms in total. The molecule has 1 aromatic rings. The summed E-state index contributed by atoms with van der Waals surface area (Å²) in [5, 5.41) is 3.46. The van der Waals surface area contributed by atoms with Crippen molar-refractivity contribution in [2.75, 3.05) is 7.05 Å². The predicted molar refractivity (Wildman–Crippen MR) is 81.6 cm³/mol. The Labute approximate surface area is 124 Å². The first-order chi connectivity index (χ1) is 9.28. The summed E-state index contributed by atoms with van der Waals surface area (Å²) in [6.45, 7) is 0. The molecule has 3 heteroatoms. The van der Waals surface area contributed by atoms with Gasteiger partial charge in [0.1, 0.15) is 11.9 Å². The van der Waals surface area contributed by atoms with Crippen LogP contribution in [0.25, 0.3) is 0 Å². The number of ether oxygens (including phenoxy) is 1. The van der Waals surface area contributed by atoms with Crippen LogP contribution in [0.2, 0.25) is 0 Å². The van der Waals surface area contributed by atoms with Gasteiger partial charge in [-0.2, -0.15) is 0 Å². The van der Waals surface area contributed by atoms with Gasteiger partial charge in [-0.3, -0.25) is 0 Å². The van der Waals surface area contributed by atoms with Gasteiger partial charge in [0.2, 0.25) is 0 Å². The normalized spacial score (nSPS) is 27.7. The molecule has 19 heavy (non-hydrogen) atoms. The average molecular weight is 324 g/mol. The minimum Gasteiger partial charge on any atom is -0.490 e. The van der Waals surface area contributed by atoms with E-state index in [1.54, 1.807) is 0 Å². The number of fused-ring (bicyclic) bond motifs is 1. The first-order valence-corrected chi connectivity index (χ1v) is 8.20. The fraction of sp³-hybridized carbons (Fsp3) is 0.625. The first-order valence-electron chi connectivity index (χ1n) is 7.41. The van der Waals surface area contributed by atoms with E-state index in [4.69, 9.17) is 4.74 Å². The molecule has 2 aliphatic rings. The van der Waals surface area contributed by atoms with E-state index >= 15 is 0 Å². The molecule has 2 unspecified atom stereocenters. The van der Waals surface area contributed by atoms with Crippen LogP contribution in [0.4, 0.5) is 0 Å². The molecular formula is C16H22BrNO. The van der Waals surface area contributed by atoms with Crippen molar-refractivity contribution in [3.05, 3.63) is 28.2 Å². The first kappa shape index (κ1) is 13.4. The minimum atomic E-state index is 0.395. The summed E-state index contributed by atoms with van der Waals surface area (Å²) in [6, 6.07) is 6.80. The highest BCUT2D eigenvalue weighted by atomic mass is 79.9. The zero-order chi connectivity index (χ0) is 13.2. The van der Waals surface area contributed by atoms with E-state index in [0.29, 0.717) is 12.1 Å². The molecule has 1 aromatic carbocycles. The maximum Gasteiger partial charge on any atom is 0.124 e. The van der Waals surface area contributed by atoms with Gasteiger partial charge < -0.3 is 10.1 Å². The van der Waals surface area contributed by atoms with Crippen molar-refractivity contribution < 1.29 is 4.74 Å². The van der Waals surface area contributed by atoms with Gasteiger partial charge in [-0.1, -0.05) is 35.2 Å². The number of hydrogen-bond acceptors (Lipinski definition) is 2. The molecule has 0 aromatic heterocycles. The molecule has 1 N–H and O–H groups in total. The molecule has 0 amide bonds. The van der Waals surface area contributed by atoms with Crippen molar-refractivity contribution in [1.29, 1.82) is 0 Å². The molecule has 104 valence electrons. The van der Waals surface area contributed by atoms with Gasteiger partial charge in [0.25, 0.3) is 0 Å². The lowest BCUT2D eigenvalue weighted by Crippen LogP contribution is -2.37. The Morgan fingerprint density at radius 3 is 2.74 bits per heavy atom. The Kier molecular flexibility index (Phi) is 4.13. The molecule has 1 aliphatic heterocycles. The fourth-order valence-electron chi connectivity index (χ4n) is 3.54. The maximum absolute atomic E-state index is 6.30. The van der Waals surface area contributed by atoms with Crippen LogP contribution in [0.15, 0.2) is 22.7 Å². The summed E-state index contributed by atoms with van der Waals surface area (Å²) < 4.78 is 7.43. The van der Waals surface area contributed by atoms with Crippen LogP contribution in [0.1, 0.15) is 50.1 Å². The smallest absolute Gasteiger partial charge is 0.124 e. The Morgan fingerprint density at radius 1 is 1.21 bits per heavy atom. The lowest BCUT2D eigenvalue weighted by Gasteiger charge is -2.38. The van der Waals surface area contributed by atoms with E-state index in [2.05, 4.69) is 46.5 Å². The SMILES string of the molecule is CNC1CC(C2CCCCC2)Oc2ccc(Br)cc21. The van der Waals surface area contributed by atoms with Gasteiger partial charge in [0.15, 0.2) is 0 Å². The third-order valence-corrected chi connectivity index (χ3v) is 5.11. The summed E-state index contributed by atoms with van der Waals surface area (Å²) in [7, 11) is 2.05. The average Bonchev–Trinajstić information content (AvgIpc) is 2.47. The standard InChI is InChI=1S/C16H22BrNO/c1-18-14-10-16(11-5-3-2-4-6-11)19-15-8-7-12(17)9-13(14)15/h7-9,11,14,16,18H,2-6,10H2,1H3. The summed E-state index contributed by atoms with van der Waals surface area (Å²) >= 11 is 3.56. The second-order valence-electron chi connectivity index (χ2n) is 5.81. The van der Waals surface area contributed by atoms with Crippen LogP contribution in [0.3, 0.4) is 0 Å². The van der Waals surface area contributed by atoms with E-state index in [1.807, 2.05) is 0 Å². The Hall–Kier alpha value is -0.540. The summed E-state index contributed by atoms with van der Waals surface area (Å²) in [4.78, 5) is 0. The Bertz CT molecular complexity index is 442. The molecular weight excluding hydrogens is 302 g/mol. The summed E-state index contributed by atoms with van der Waals surface area (Å²) in [6.07, 6.45) is 8.34. The lowest BCUT2D eigenvalue weighted by atomic mass is 9.81. The Balaban J connectivity index is 1.83. The van der Waals surface area contributed by atoms with E-state index in [-0.39, 0.29) is 0 Å². The van der Waals surface area contributed by atoms with Crippen molar-refractivity contribution in [3.63, 3.8) is 0 Å².